The molecule has 0 aromatic heterocycles. The lowest BCUT2D eigenvalue weighted by atomic mass is 10.0. The quantitative estimate of drug-likeness (QED) is 0.474. The lowest BCUT2D eigenvalue weighted by Gasteiger charge is -2.20. The third-order valence-electron chi connectivity index (χ3n) is 2.50. The summed E-state index contributed by atoms with van der Waals surface area (Å²) in [6.45, 7) is 7.38. The molecule has 1 aromatic rings. The highest BCUT2D eigenvalue weighted by Gasteiger charge is 2.18. The third-order valence-corrected chi connectivity index (χ3v) is 2.50. The van der Waals surface area contributed by atoms with Crippen molar-refractivity contribution < 1.29 is 14.3 Å². The first kappa shape index (κ1) is 15.1. The molecule has 0 aliphatic heterocycles. The Bertz CT molecular complexity index is 496. The molecule has 0 amide bonds. The van der Waals surface area contributed by atoms with Crippen LogP contribution in [0.2, 0.25) is 0 Å². The number of hydrogen-bond donors (Lipinski definition) is 0. The zero-order chi connectivity index (χ0) is 14.5. The highest BCUT2D eigenvalue weighted by atomic mass is 16.6. The molecule has 0 spiro atoms. The predicted molar refractivity (Wildman–Crippen MR) is 72.8 cm³/mol. The molecule has 1 aromatic carbocycles. The Morgan fingerprint density at radius 3 is 2.63 bits per heavy atom. The maximum Gasteiger partial charge on any atom is 0.338 e. The van der Waals surface area contributed by atoms with Crippen LogP contribution >= 0.6 is 0 Å². The van der Waals surface area contributed by atoms with E-state index in [-0.39, 0.29) is 12.0 Å². The standard InChI is InChI=1S/C15H19NO3/c1-5-13(16-10-17)11-7-6-8-12(9-11)14(18)19-15(2,3)4/h6-9,13H,5H2,1-4H3/t13-/m1/s1. The molecule has 0 aliphatic carbocycles. The third kappa shape index (κ3) is 4.68. The van der Waals surface area contributed by atoms with E-state index in [1.54, 1.807) is 24.3 Å². The van der Waals surface area contributed by atoms with E-state index in [0.717, 1.165) is 5.56 Å². The Kier molecular flexibility index (Phi) is 5.02. The van der Waals surface area contributed by atoms with Gasteiger partial charge in [-0.05, 0) is 44.9 Å². The molecular formula is C15H19NO3. The van der Waals surface area contributed by atoms with Crippen LogP contribution in [0.4, 0.5) is 0 Å². The van der Waals surface area contributed by atoms with Crippen LogP contribution in [0.15, 0.2) is 29.3 Å². The van der Waals surface area contributed by atoms with Crippen molar-refractivity contribution >= 4 is 12.0 Å². The summed E-state index contributed by atoms with van der Waals surface area (Å²) >= 11 is 0. The zero-order valence-electron chi connectivity index (χ0n) is 11.8. The van der Waals surface area contributed by atoms with Gasteiger partial charge in [-0.15, -0.1) is 0 Å². The van der Waals surface area contributed by atoms with Crippen molar-refractivity contribution in [2.24, 2.45) is 4.99 Å². The first-order valence-corrected chi connectivity index (χ1v) is 6.27. The van der Waals surface area contributed by atoms with Gasteiger partial charge in [0.2, 0.25) is 6.08 Å². The Labute approximate surface area is 113 Å². The first-order chi connectivity index (χ1) is 8.87. The average molecular weight is 261 g/mol. The fraction of sp³-hybridized carbons (Fsp3) is 0.467. The minimum absolute atomic E-state index is 0.264. The van der Waals surface area contributed by atoms with E-state index in [4.69, 9.17) is 4.74 Å². The van der Waals surface area contributed by atoms with Crippen LogP contribution in [0.25, 0.3) is 0 Å². The Hall–Kier alpha value is -1.93. The largest absolute Gasteiger partial charge is 0.456 e. The minimum Gasteiger partial charge on any atom is -0.456 e. The summed E-state index contributed by atoms with van der Waals surface area (Å²) in [6, 6.07) is 6.73. The van der Waals surface area contributed by atoms with Crippen LogP contribution in [0.1, 0.15) is 56.1 Å². The molecule has 0 unspecified atom stereocenters. The monoisotopic (exact) mass is 261 g/mol. The topological polar surface area (TPSA) is 55.7 Å². The summed E-state index contributed by atoms with van der Waals surface area (Å²) in [5, 5.41) is 0. The molecule has 0 saturated carbocycles. The van der Waals surface area contributed by atoms with E-state index >= 15 is 0 Å². The van der Waals surface area contributed by atoms with Gasteiger partial charge in [0.15, 0.2) is 0 Å². The lowest BCUT2D eigenvalue weighted by molar-refractivity contribution is 0.00694. The molecule has 0 radical (unpaired) electrons. The first-order valence-electron chi connectivity index (χ1n) is 6.27. The maximum atomic E-state index is 12.0. The Morgan fingerprint density at radius 2 is 2.11 bits per heavy atom. The van der Waals surface area contributed by atoms with E-state index in [1.807, 2.05) is 33.8 Å². The molecule has 102 valence electrons. The van der Waals surface area contributed by atoms with Gasteiger partial charge in [-0.3, -0.25) is 0 Å². The minimum atomic E-state index is -0.530. The van der Waals surface area contributed by atoms with Crippen LogP contribution in [0, 0.1) is 0 Å². The molecular weight excluding hydrogens is 242 g/mol. The smallest absolute Gasteiger partial charge is 0.338 e. The normalized spacial score (nSPS) is 12.4. The Morgan fingerprint density at radius 1 is 1.42 bits per heavy atom. The molecule has 1 atom stereocenters. The summed E-state index contributed by atoms with van der Waals surface area (Å²) < 4.78 is 5.31. The van der Waals surface area contributed by atoms with Gasteiger partial charge in [-0.2, -0.15) is 4.99 Å². The number of aliphatic imine (C=N–C) groups is 1. The summed E-state index contributed by atoms with van der Waals surface area (Å²) in [7, 11) is 0. The van der Waals surface area contributed by atoms with Gasteiger partial charge < -0.3 is 4.74 Å². The van der Waals surface area contributed by atoms with E-state index < -0.39 is 5.60 Å². The van der Waals surface area contributed by atoms with Crippen molar-refractivity contribution in [3.05, 3.63) is 35.4 Å². The molecule has 0 bridgehead atoms. The second-order valence-corrected chi connectivity index (χ2v) is 5.27. The lowest BCUT2D eigenvalue weighted by Crippen LogP contribution is -2.23. The van der Waals surface area contributed by atoms with Crippen molar-refractivity contribution in [3.8, 4) is 0 Å². The van der Waals surface area contributed by atoms with E-state index in [2.05, 4.69) is 4.99 Å². The molecule has 19 heavy (non-hydrogen) atoms. The number of nitrogens with zero attached hydrogens (tertiary/aromatic N) is 1. The fourth-order valence-electron chi connectivity index (χ4n) is 1.68. The molecule has 1 rings (SSSR count). The van der Waals surface area contributed by atoms with Crippen LogP contribution in [0.3, 0.4) is 0 Å². The Balaban J connectivity index is 2.99. The van der Waals surface area contributed by atoms with Crippen LogP contribution in [-0.4, -0.2) is 17.7 Å². The number of esters is 1. The van der Waals surface area contributed by atoms with Crippen LogP contribution < -0.4 is 0 Å². The molecule has 4 nitrogen and oxygen atoms in total. The van der Waals surface area contributed by atoms with E-state index in [0.29, 0.717) is 12.0 Å². The highest BCUT2D eigenvalue weighted by molar-refractivity contribution is 5.89. The molecule has 4 heteroatoms. The van der Waals surface area contributed by atoms with Gasteiger partial charge in [0.25, 0.3) is 0 Å². The van der Waals surface area contributed by atoms with Crippen molar-refractivity contribution in [3.63, 3.8) is 0 Å². The highest BCUT2D eigenvalue weighted by Crippen LogP contribution is 2.22. The molecule has 0 aliphatic rings. The molecule has 0 fully saturated rings. The number of carbonyl (C=O) groups excluding carboxylic acids is 2. The van der Waals surface area contributed by atoms with Crippen molar-refractivity contribution in [1.82, 2.24) is 0 Å². The predicted octanol–water partition coefficient (Wildman–Crippen LogP) is 3.43. The van der Waals surface area contributed by atoms with Gasteiger partial charge in [0.05, 0.1) is 11.6 Å². The SMILES string of the molecule is CC[C@@H](N=C=O)c1cccc(C(=O)OC(C)(C)C)c1. The fourth-order valence-corrected chi connectivity index (χ4v) is 1.68. The number of ether oxygens (including phenoxy) is 1. The van der Waals surface area contributed by atoms with Crippen LogP contribution in [0.5, 0.6) is 0 Å². The van der Waals surface area contributed by atoms with Gasteiger partial charge >= 0.3 is 5.97 Å². The van der Waals surface area contributed by atoms with E-state index in [9.17, 15) is 9.59 Å². The summed E-state index contributed by atoms with van der Waals surface area (Å²) in [6.07, 6.45) is 2.24. The van der Waals surface area contributed by atoms with Crippen molar-refractivity contribution in [1.29, 1.82) is 0 Å². The second-order valence-electron chi connectivity index (χ2n) is 5.27. The van der Waals surface area contributed by atoms with Gasteiger partial charge in [-0.25, -0.2) is 9.59 Å². The summed E-state index contributed by atoms with van der Waals surface area (Å²) in [4.78, 5) is 26.1. The molecule has 0 heterocycles. The van der Waals surface area contributed by atoms with E-state index in [1.165, 1.54) is 0 Å². The second kappa shape index (κ2) is 6.30. The average Bonchev–Trinajstić information content (AvgIpc) is 2.34. The van der Waals surface area contributed by atoms with Gasteiger partial charge in [0.1, 0.15) is 5.60 Å². The van der Waals surface area contributed by atoms with Gasteiger partial charge in [-0.1, -0.05) is 19.1 Å². The zero-order valence-corrected chi connectivity index (χ0v) is 11.8. The molecule has 0 N–H and O–H groups in total. The number of carbonyl (C=O) groups is 1. The number of hydrogen-bond acceptors (Lipinski definition) is 4. The number of benzene rings is 1. The van der Waals surface area contributed by atoms with Crippen LogP contribution in [-0.2, 0) is 9.53 Å². The maximum absolute atomic E-state index is 12.0. The summed E-state index contributed by atoms with van der Waals surface area (Å²) in [5.74, 6) is -0.376. The number of isocyanates is 1. The number of rotatable bonds is 4. The van der Waals surface area contributed by atoms with Gasteiger partial charge in [0, 0.05) is 0 Å². The molecule has 0 saturated heterocycles. The summed E-state index contributed by atoms with van der Waals surface area (Å²) in [5.41, 5.74) is 0.749. The van der Waals surface area contributed by atoms with Crippen molar-refractivity contribution in [2.45, 2.75) is 45.8 Å². The van der Waals surface area contributed by atoms with Crippen molar-refractivity contribution in [2.75, 3.05) is 0 Å².